The number of nitrogens with zero attached hydrogens (tertiary/aromatic N) is 1. The third-order valence-electron chi connectivity index (χ3n) is 2.05. The van der Waals surface area contributed by atoms with E-state index in [0.717, 1.165) is 4.88 Å². The fourth-order valence-electron chi connectivity index (χ4n) is 1.26. The molecular weight excluding hydrogens is 204 g/mol. The Bertz CT molecular complexity index is 432. The fourth-order valence-corrected chi connectivity index (χ4v) is 1.91. The maximum absolute atomic E-state index is 5.85. The van der Waals surface area contributed by atoms with E-state index in [1.54, 1.807) is 11.3 Å². The first-order valence-corrected chi connectivity index (χ1v) is 5.62. The molecular formula is C12H12N2S. The number of nitrogens with two attached hydrogens (primary N) is 1. The molecule has 0 saturated heterocycles. The molecule has 2 rings (SSSR count). The molecule has 2 nitrogen and oxygen atoms in total. The van der Waals surface area contributed by atoms with Crippen LogP contribution in [-0.4, -0.2) is 5.84 Å². The van der Waals surface area contributed by atoms with Gasteiger partial charge in [0, 0.05) is 0 Å². The SMILES string of the molecule is NC(=NCc1ccccc1)c1cccs1. The topological polar surface area (TPSA) is 38.4 Å². The highest BCUT2D eigenvalue weighted by Gasteiger charge is 1.97. The Kier molecular flexibility index (Phi) is 3.15. The van der Waals surface area contributed by atoms with Crippen molar-refractivity contribution in [3.63, 3.8) is 0 Å². The molecule has 0 atom stereocenters. The van der Waals surface area contributed by atoms with Gasteiger partial charge in [-0.15, -0.1) is 11.3 Å². The van der Waals surface area contributed by atoms with Gasteiger partial charge in [-0.3, -0.25) is 4.99 Å². The molecule has 1 aromatic carbocycles. The highest BCUT2D eigenvalue weighted by atomic mass is 32.1. The maximum atomic E-state index is 5.85. The Morgan fingerprint density at radius 3 is 2.60 bits per heavy atom. The number of aliphatic imine (C=N–C) groups is 1. The molecule has 0 radical (unpaired) electrons. The summed E-state index contributed by atoms with van der Waals surface area (Å²) in [5, 5.41) is 2.00. The quantitative estimate of drug-likeness (QED) is 0.621. The molecule has 0 fully saturated rings. The van der Waals surface area contributed by atoms with Crippen molar-refractivity contribution in [3.8, 4) is 0 Å². The van der Waals surface area contributed by atoms with Crippen molar-refractivity contribution < 1.29 is 0 Å². The summed E-state index contributed by atoms with van der Waals surface area (Å²) in [6, 6.07) is 14.1. The molecule has 0 aliphatic carbocycles. The standard InChI is InChI=1S/C12H12N2S/c13-12(11-7-4-8-15-11)14-9-10-5-2-1-3-6-10/h1-8H,9H2,(H2,13,14). The molecule has 0 spiro atoms. The zero-order valence-corrected chi connectivity index (χ0v) is 9.08. The first-order chi connectivity index (χ1) is 7.36. The van der Waals surface area contributed by atoms with Gasteiger partial charge in [0.05, 0.1) is 11.4 Å². The largest absolute Gasteiger partial charge is 0.383 e. The zero-order valence-electron chi connectivity index (χ0n) is 8.26. The average molecular weight is 216 g/mol. The lowest BCUT2D eigenvalue weighted by Crippen LogP contribution is -2.11. The summed E-state index contributed by atoms with van der Waals surface area (Å²) < 4.78 is 0. The first-order valence-electron chi connectivity index (χ1n) is 4.74. The number of amidine groups is 1. The highest BCUT2D eigenvalue weighted by molar-refractivity contribution is 7.12. The monoisotopic (exact) mass is 216 g/mol. The third kappa shape index (κ3) is 2.67. The summed E-state index contributed by atoms with van der Waals surface area (Å²) in [4.78, 5) is 5.37. The van der Waals surface area contributed by atoms with E-state index in [1.807, 2.05) is 47.8 Å². The highest BCUT2D eigenvalue weighted by Crippen LogP contribution is 2.08. The summed E-state index contributed by atoms with van der Waals surface area (Å²) in [6.45, 7) is 0.643. The van der Waals surface area contributed by atoms with Gasteiger partial charge in [-0.2, -0.15) is 0 Å². The molecule has 0 aliphatic heterocycles. The second-order valence-corrected chi connectivity index (χ2v) is 4.11. The summed E-state index contributed by atoms with van der Waals surface area (Å²) in [5.74, 6) is 0.619. The lowest BCUT2D eigenvalue weighted by atomic mass is 10.2. The molecule has 76 valence electrons. The molecule has 15 heavy (non-hydrogen) atoms. The Morgan fingerprint density at radius 1 is 1.13 bits per heavy atom. The van der Waals surface area contributed by atoms with Gasteiger partial charge in [-0.25, -0.2) is 0 Å². The minimum atomic E-state index is 0.619. The van der Waals surface area contributed by atoms with Gasteiger partial charge < -0.3 is 5.73 Å². The van der Waals surface area contributed by atoms with Gasteiger partial charge in [-0.05, 0) is 17.0 Å². The molecule has 0 amide bonds. The van der Waals surface area contributed by atoms with E-state index >= 15 is 0 Å². The number of benzene rings is 1. The van der Waals surface area contributed by atoms with Crippen LogP contribution in [0.5, 0.6) is 0 Å². The van der Waals surface area contributed by atoms with E-state index in [-0.39, 0.29) is 0 Å². The Morgan fingerprint density at radius 2 is 1.93 bits per heavy atom. The fraction of sp³-hybridized carbons (Fsp3) is 0.0833. The maximum Gasteiger partial charge on any atom is 0.136 e. The molecule has 1 aromatic heterocycles. The van der Waals surface area contributed by atoms with Gasteiger partial charge >= 0.3 is 0 Å². The zero-order chi connectivity index (χ0) is 10.5. The number of rotatable bonds is 3. The molecule has 2 N–H and O–H groups in total. The van der Waals surface area contributed by atoms with Crippen molar-refractivity contribution in [2.45, 2.75) is 6.54 Å². The molecule has 0 unspecified atom stereocenters. The van der Waals surface area contributed by atoms with Crippen molar-refractivity contribution in [2.24, 2.45) is 10.7 Å². The Balaban J connectivity index is 2.06. The predicted molar refractivity (Wildman–Crippen MR) is 65.2 cm³/mol. The van der Waals surface area contributed by atoms with Crippen LogP contribution in [0.2, 0.25) is 0 Å². The summed E-state index contributed by atoms with van der Waals surface area (Å²) >= 11 is 1.61. The molecule has 0 saturated carbocycles. The minimum absolute atomic E-state index is 0.619. The lowest BCUT2D eigenvalue weighted by Gasteiger charge is -1.98. The summed E-state index contributed by atoms with van der Waals surface area (Å²) in [6.07, 6.45) is 0. The van der Waals surface area contributed by atoms with Gasteiger partial charge in [0.2, 0.25) is 0 Å². The van der Waals surface area contributed by atoms with Gasteiger partial charge in [-0.1, -0.05) is 36.4 Å². The van der Waals surface area contributed by atoms with Crippen molar-refractivity contribution in [1.29, 1.82) is 0 Å². The number of thiophene rings is 1. The summed E-state index contributed by atoms with van der Waals surface area (Å²) in [7, 11) is 0. The van der Waals surface area contributed by atoms with Crippen LogP contribution in [0, 0.1) is 0 Å². The number of hydrogen-bond donors (Lipinski definition) is 1. The Hall–Kier alpha value is -1.61. The van der Waals surface area contributed by atoms with E-state index < -0.39 is 0 Å². The van der Waals surface area contributed by atoms with Crippen molar-refractivity contribution in [3.05, 3.63) is 58.3 Å². The Labute approximate surface area is 93.1 Å². The third-order valence-corrected chi connectivity index (χ3v) is 2.94. The van der Waals surface area contributed by atoms with Crippen LogP contribution in [0.1, 0.15) is 10.4 Å². The van der Waals surface area contributed by atoms with E-state index in [4.69, 9.17) is 5.73 Å². The van der Waals surface area contributed by atoms with E-state index in [2.05, 4.69) is 4.99 Å². The predicted octanol–water partition coefficient (Wildman–Crippen LogP) is 2.65. The van der Waals surface area contributed by atoms with Gasteiger partial charge in [0.25, 0.3) is 0 Å². The van der Waals surface area contributed by atoms with E-state index in [0.29, 0.717) is 12.4 Å². The van der Waals surface area contributed by atoms with E-state index in [1.165, 1.54) is 5.56 Å². The van der Waals surface area contributed by atoms with Crippen LogP contribution in [0.3, 0.4) is 0 Å². The minimum Gasteiger partial charge on any atom is -0.383 e. The normalized spacial score (nSPS) is 11.6. The molecule has 2 aromatic rings. The van der Waals surface area contributed by atoms with Crippen LogP contribution in [0.4, 0.5) is 0 Å². The molecule has 0 aliphatic rings. The molecule has 0 bridgehead atoms. The molecule has 1 heterocycles. The van der Waals surface area contributed by atoms with Crippen molar-refractivity contribution in [1.82, 2.24) is 0 Å². The van der Waals surface area contributed by atoms with Gasteiger partial charge in [0.1, 0.15) is 5.84 Å². The average Bonchev–Trinajstić information content (AvgIpc) is 2.81. The van der Waals surface area contributed by atoms with E-state index in [9.17, 15) is 0 Å². The van der Waals surface area contributed by atoms with Crippen molar-refractivity contribution in [2.75, 3.05) is 0 Å². The molecule has 3 heteroatoms. The lowest BCUT2D eigenvalue weighted by molar-refractivity contribution is 1.06. The number of hydrogen-bond acceptors (Lipinski definition) is 2. The smallest absolute Gasteiger partial charge is 0.136 e. The first kappa shape index (κ1) is 9.93. The van der Waals surface area contributed by atoms with Crippen LogP contribution in [-0.2, 0) is 6.54 Å². The van der Waals surface area contributed by atoms with Crippen LogP contribution in [0.15, 0.2) is 52.8 Å². The van der Waals surface area contributed by atoms with Crippen LogP contribution in [0.25, 0.3) is 0 Å². The van der Waals surface area contributed by atoms with Crippen LogP contribution >= 0.6 is 11.3 Å². The van der Waals surface area contributed by atoms with Crippen molar-refractivity contribution >= 4 is 17.2 Å². The second-order valence-electron chi connectivity index (χ2n) is 3.16. The second kappa shape index (κ2) is 4.75. The van der Waals surface area contributed by atoms with Crippen LogP contribution < -0.4 is 5.73 Å². The van der Waals surface area contributed by atoms with Gasteiger partial charge in [0.15, 0.2) is 0 Å². The summed E-state index contributed by atoms with van der Waals surface area (Å²) in [5.41, 5.74) is 7.03.